The summed E-state index contributed by atoms with van der Waals surface area (Å²) in [4.78, 5) is 18.9. The summed E-state index contributed by atoms with van der Waals surface area (Å²) in [5.41, 5.74) is 3.78. The summed E-state index contributed by atoms with van der Waals surface area (Å²) < 4.78 is 0. The van der Waals surface area contributed by atoms with Crippen molar-refractivity contribution in [2.24, 2.45) is 0 Å². The Kier molecular flexibility index (Phi) is 2.58. The van der Waals surface area contributed by atoms with Crippen LogP contribution in [0.15, 0.2) is 73.3 Å². The predicted molar refractivity (Wildman–Crippen MR) is 105 cm³/mol. The van der Waals surface area contributed by atoms with E-state index in [-0.39, 0.29) is 0 Å². The highest BCUT2D eigenvalue weighted by Gasteiger charge is 2.17. The quantitative estimate of drug-likeness (QED) is 0.366. The lowest BCUT2D eigenvalue weighted by molar-refractivity contribution is 1.39. The van der Waals surface area contributed by atoms with Gasteiger partial charge in [-0.15, -0.1) is 0 Å². The predicted octanol–water partition coefficient (Wildman–Crippen LogP) is 5.03. The Bertz CT molecular complexity index is 1260. The molecule has 4 nitrogen and oxygen atoms in total. The van der Waals surface area contributed by atoms with Crippen LogP contribution in [-0.4, -0.2) is 19.9 Å². The summed E-state index contributed by atoms with van der Waals surface area (Å²) in [6, 6.07) is 16.3. The van der Waals surface area contributed by atoms with Crippen molar-refractivity contribution < 1.29 is 0 Å². The third-order valence-corrected chi connectivity index (χ3v) is 5.01. The van der Waals surface area contributed by atoms with E-state index in [9.17, 15) is 0 Å². The van der Waals surface area contributed by atoms with Crippen molar-refractivity contribution in [1.29, 1.82) is 0 Å². The molecule has 0 unspecified atom stereocenters. The van der Waals surface area contributed by atoms with E-state index in [2.05, 4.69) is 24.3 Å². The molecule has 6 aromatic rings. The zero-order valence-electron chi connectivity index (χ0n) is 13.7. The highest BCUT2D eigenvalue weighted by atomic mass is 14.7. The van der Waals surface area contributed by atoms with Crippen molar-refractivity contribution in [3.05, 3.63) is 73.3 Å². The average molecular weight is 332 g/mol. The number of benzene rings is 2. The number of nitrogens with zero attached hydrogens (tertiary/aromatic N) is 4. The molecule has 0 bridgehead atoms. The molecule has 0 amide bonds. The molecular weight excluding hydrogens is 320 g/mol. The molecule has 0 aliphatic carbocycles. The third kappa shape index (κ3) is 1.63. The zero-order chi connectivity index (χ0) is 17.1. The standard InChI is InChI=1S/C22H12N4/c1-5-13-14-6-2-10-24-20(14)18-17(19(13)23-9-1)21-15(7-3-11-25-21)16-8-4-12-26-22(16)18/h1-12H. The first-order valence-corrected chi connectivity index (χ1v) is 8.50. The Hall–Kier alpha value is -3.66. The minimum absolute atomic E-state index is 0.944. The number of fused-ring (bicyclic) bond motifs is 11. The van der Waals surface area contributed by atoms with Gasteiger partial charge in [-0.05, 0) is 24.3 Å². The normalized spacial score (nSPS) is 11.8. The van der Waals surface area contributed by atoms with Crippen molar-refractivity contribution in [3.8, 4) is 0 Å². The van der Waals surface area contributed by atoms with E-state index in [0.29, 0.717) is 0 Å². The van der Waals surface area contributed by atoms with E-state index in [0.717, 1.165) is 54.4 Å². The first kappa shape index (κ1) is 13.6. The summed E-state index contributed by atoms with van der Waals surface area (Å²) in [6.45, 7) is 0. The fourth-order valence-corrected chi connectivity index (χ4v) is 3.99. The lowest BCUT2D eigenvalue weighted by Crippen LogP contribution is -1.93. The van der Waals surface area contributed by atoms with Gasteiger partial charge < -0.3 is 0 Å². The van der Waals surface area contributed by atoms with E-state index in [1.165, 1.54) is 0 Å². The Labute approximate surface area is 148 Å². The van der Waals surface area contributed by atoms with Crippen molar-refractivity contribution in [3.63, 3.8) is 0 Å². The maximum absolute atomic E-state index is 4.72. The van der Waals surface area contributed by atoms with Crippen molar-refractivity contribution >= 4 is 54.4 Å². The van der Waals surface area contributed by atoms with Crippen LogP contribution in [-0.2, 0) is 0 Å². The van der Waals surface area contributed by atoms with Crippen LogP contribution < -0.4 is 0 Å². The molecule has 0 saturated carbocycles. The number of pyridine rings is 4. The molecule has 0 radical (unpaired) electrons. The molecule has 0 aliphatic rings. The second kappa shape index (κ2) is 4.92. The van der Waals surface area contributed by atoms with Gasteiger partial charge in [0.15, 0.2) is 0 Å². The van der Waals surface area contributed by atoms with Gasteiger partial charge >= 0.3 is 0 Å². The SMILES string of the molecule is c1cnc2c(c1)c1cccnc1c1c3ncccc3c3cccnc3c21. The molecule has 26 heavy (non-hydrogen) atoms. The Morgan fingerprint density at radius 3 is 0.923 bits per heavy atom. The molecule has 6 rings (SSSR count). The molecule has 4 heteroatoms. The molecule has 0 spiro atoms. The topological polar surface area (TPSA) is 51.6 Å². The van der Waals surface area contributed by atoms with Crippen molar-refractivity contribution in [2.45, 2.75) is 0 Å². The van der Waals surface area contributed by atoms with Gasteiger partial charge in [0.05, 0.1) is 22.1 Å². The molecule has 0 N–H and O–H groups in total. The van der Waals surface area contributed by atoms with Crippen LogP contribution in [0.25, 0.3) is 54.4 Å². The minimum Gasteiger partial charge on any atom is -0.255 e. The van der Waals surface area contributed by atoms with Crippen LogP contribution in [0, 0.1) is 0 Å². The number of aromatic nitrogens is 4. The third-order valence-electron chi connectivity index (χ3n) is 5.01. The minimum atomic E-state index is 0.944. The van der Waals surface area contributed by atoms with Gasteiger partial charge in [0.2, 0.25) is 0 Å². The Morgan fingerprint density at radius 2 is 0.654 bits per heavy atom. The maximum Gasteiger partial charge on any atom is 0.0810 e. The number of hydrogen-bond acceptors (Lipinski definition) is 4. The van der Waals surface area contributed by atoms with Gasteiger partial charge in [0.25, 0.3) is 0 Å². The summed E-state index contributed by atoms with van der Waals surface area (Å²) in [5, 5.41) is 6.40. The number of hydrogen-bond donors (Lipinski definition) is 0. The van der Waals surface area contributed by atoms with E-state index in [1.807, 2.05) is 49.1 Å². The molecule has 4 aromatic heterocycles. The first-order chi connectivity index (χ1) is 12.9. The van der Waals surface area contributed by atoms with Crippen molar-refractivity contribution in [2.75, 3.05) is 0 Å². The molecule has 120 valence electrons. The van der Waals surface area contributed by atoms with Gasteiger partial charge in [-0.25, -0.2) is 0 Å². The molecule has 2 aromatic carbocycles. The van der Waals surface area contributed by atoms with Gasteiger partial charge in [0.1, 0.15) is 0 Å². The van der Waals surface area contributed by atoms with Crippen molar-refractivity contribution in [1.82, 2.24) is 19.9 Å². The first-order valence-electron chi connectivity index (χ1n) is 8.50. The van der Waals surface area contributed by atoms with Crippen LogP contribution in [0.3, 0.4) is 0 Å². The molecule has 0 aliphatic heterocycles. The monoisotopic (exact) mass is 332 g/mol. The Balaban J connectivity index is 2.14. The van der Waals surface area contributed by atoms with Gasteiger partial charge in [-0.2, -0.15) is 0 Å². The van der Waals surface area contributed by atoms with Gasteiger partial charge in [-0.3, -0.25) is 19.9 Å². The molecule has 0 saturated heterocycles. The fraction of sp³-hybridized carbons (Fsp3) is 0. The maximum atomic E-state index is 4.72. The Morgan fingerprint density at radius 1 is 0.385 bits per heavy atom. The lowest BCUT2D eigenvalue weighted by atomic mass is 9.95. The zero-order valence-corrected chi connectivity index (χ0v) is 13.7. The van der Waals surface area contributed by atoms with E-state index in [1.54, 1.807) is 0 Å². The summed E-state index contributed by atoms with van der Waals surface area (Å²) in [5.74, 6) is 0. The van der Waals surface area contributed by atoms with E-state index < -0.39 is 0 Å². The lowest BCUT2D eigenvalue weighted by Gasteiger charge is -2.13. The highest BCUT2D eigenvalue weighted by molar-refractivity contribution is 6.36. The second-order valence-electron chi connectivity index (χ2n) is 6.35. The van der Waals surface area contributed by atoms with E-state index in [4.69, 9.17) is 19.9 Å². The largest absolute Gasteiger partial charge is 0.255 e. The highest BCUT2D eigenvalue weighted by Crippen LogP contribution is 2.40. The van der Waals surface area contributed by atoms with Gasteiger partial charge in [0, 0.05) is 57.1 Å². The second-order valence-corrected chi connectivity index (χ2v) is 6.35. The van der Waals surface area contributed by atoms with Crippen LogP contribution >= 0.6 is 0 Å². The average Bonchev–Trinajstić information content (AvgIpc) is 2.73. The molecule has 0 atom stereocenters. The smallest absolute Gasteiger partial charge is 0.0810 e. The number of rotatable bonds is 0. The fourth-order valence-electron chi connectivity index (χ4n) is 3.99. The van der Waals surface area contributed by atoms with Crippen LogP contribution in [0.2, 0.25) is 0 Å². The summed E-state index contributed by atoms with van der Waals surface area (Å²) in [7, 11) is 0. The summed E-state index contributed by atoms with van der Waals surface area (Å²) in [6.07, 6.45) is 7.34. The summed E-state index contributed by atoms with van der Waals surface area (Å²) >= 11 is 0. The molecule has 4 heterocycles. The van der Waals surface area contributed by atoms with Crippen LogP contribution in [0.5, 0.6) is 0 Å². The molecule has 0 fully saturated rings. The van der Waals surface area contributed by atoms with Gasteiger partial charge in [-0.1, -0.05) is 24.3 Å². The van der Waals surface area contributed by atoms with Crippen LogP contribution in [0.4, 0.5) is 0 Å². The van der Waals surface area contributed by atoms with Crippen LogP contribution in [0.1, 0.15) is 0 Å². The molecular formula is C22H12N4. The van der Waals surface area contributed by atoms with E-state index >= 15 is 0 Å².